The Labute approximate surface area is 119 Å². The molecule has 1 unspecified atom stereocenters. The normalized spacial score (nSPS) is 23.2. The minimum absolute atomic E-state index is 0.0994. The van der Waals surface area contributed by atoms with Gasteiger partial charge in [0.05, 0.1) is 12.2 Å². The molecule has 5 heteroatoms. The second-order valence-corrected chi connectivity index (χ2v) is 5.47. The zero-order valence-electron chi connectivity index (χ0n) is 11.8. The molecule has 0 aliphatic carbocycles. The van der Waals surface area contributed by atoms with Crippen molar-refractivity contribution in [2.45, 2.75) is 12.5 Å². The van der Waals surface area contributed by atoms with Crippen LogP contribution in [0.2, 0.25) is 0 Å². The molecule has 0 radical (unpaired) electrons. The fourth-order valence-electron chi connectivity index (χ4n) is 2.72. The Morgan fingerprint density at radius 3 is 3.00 bits per heavy atom. The standard InChI is InChI=1S/C15H21N3O2/c1-17-7-4-8-18(10-9-17)15(19)14-11-16-12-5-2-3-6-13(12)20-14/h2-3,5-6,14,16H,4,7-11H2,1H3. The van der Waals surface area contributed by atoms with Crippen LogP contribution < -0.4 is 10.1 Å². The number of benzene rings is 1. The van der Waals surface area contributed by atoms with Gasteiger partial charge in [0.25, 0.3) is 5.91 Å². The zero-order valence-corrected chi connectivity index (χ0v) is 11.8. The Kier molecular flexibility index (Phi) is 3.78. The van der Waals surface area contributed by atoms with Gasteiger partial charge in [0, 0.05) is 19.6 Å². The summed E-state index contributed by atoms with van der Waals surface area (Å²) in [5, 5.41) is 3.27. The predicted octanol–water partition coefficient (Wildman–Crippen LogP) is 1.02. The summed E-state index contributed by atoms with van der Waals surface area (Å²) in [6.45, 7) is 4.14. The van der Waals surface area contributed by atoms with E-state index >= 15 is 0 Å². The maximum atomic E-state index is 12.6. The number of rotatable bonds is 1. The lowest BCUT2D eigenvalue weighted by atomic mass is 10.2. The van der Waals surface area contributed by atoms with Gasteiger partial charge < -0.3 is 19.9 Å². The van der Waals surface area contributed by atoms with E-state index in [2.05, 4.69) is 17.3 Å². The lowest BCUT2D eigenvalue weighted by Gasteiger charge is -2.30. The van der Waals surface area contributed by atoms with E-state index in [1.807, 2.05) is 29.2 Å². The molecule has 108 valence electrons. The van der Waals surface area contributed by atoms with Gasteiger partial charge in [-0.1, -0.05) is 12.1 Å². The van der Waals surface area contributed by atoms with Crippen molar-refractivity contribution in [3.8, 4) is 5.75 Å². The summed E-state index contributed by atoms with van der Waals surface area (Å²) in [5.41, 5.74) is 0.965. The predicted molar refractivity (Wildman–Crippen MR) is 78.0 cm³/mol. The van der Waals surface area contributed by atoms with Crippen LogP contribution in [-0.2, 0) is 4.79 Å². The number of likely N-dealkylation sites (N-methyl/N-ethyl adjacent to an activating group) is 1. The number of amides is 1. The molecule has 1 fully saturated rings. The van der Waals surface area contributed by atoms with Crippen molar-refractivity contribution in [2.24, 2.45) is 0 Å². The first-order chi connectivity index (χ1) is 9.74. The van der Waals surface area contributed by atoms with Gasteiger partial charge in [-0.05, 0) is 32.1 Å². The molecule has 0 saturated carbocycles. The van der Waals surface area contributed by atoms with E-state index in [9.17, 15) is 4.79 Å². The first kappa shape index (κ1) is 13.2. The average Bonchev–Trinajstić information content (AvgIpc) is 2.71. The molecule has 1 saturated heterocycles. The highest BCUT2D eigenvalue weighted by Crippen LogP contribution is 2.28. The molecular formula is C15H21N3O2. The molecule has 1 atom stereocenters. The number of para-hydroxylation sites is 2. The highest BCUT2D eigenvalue weighted by atomic mass is 16.5. The molecule has 1 amide bonds. The largest absolute Gasteiger partial charge is 0.477 e. The molecule has 1 aromatic rings. The number of nitrogens with one attached hydrogen (secondary N) is 1. The van der Waals surface area contributed by atoms with Gasteiger partial charge in [-0.3, -0.25) is 4.79 Å². The van der Waals surface area contributed by atoms with Gasteiger partial charge >= 0.3 is 0 Å². The van der Waals surface area contributed by atoms with Crippen LogP contribution in [0, 0.1) is 0 Å². The van der Waals surface area contributed by atoms with E-state index in [0.717, 1.165) is 44.0 Å². The number of fused-ring (bicyclic) bond motifs is 1. The second-order valence-electron chi connectivity index (χ2n) is 5.47. The maximum Gasteiger partial charge on any atom is 0.265 e. The Morgan fingerprint density at radius 2 is 2.10 bits per heavy atom. The van der Waals surface area contributed by atoms with Crippen molar-refractivity contribution in [3.05, 3.63) is 24.3 Å². The fraction of sp³-hybridized carbons (Fsp3) is 0.533. The van der Waals surface area contributed by atoms with E-state index in [1.54, 1.807) is 0 Å². The van der Waals surface area contributed by atoms with Crippen LogP contribution in [0.4, 0.5) is 5.69 Å². The smallest absolute Gasteiger partial charge is 0.265 e. The monoisotopic (exact) mass is 275 g/mol. The van der Waals surface area contributed by atoms with Crippen LogP contribution >= 0.6 is 0 Å². The molecule has 1 aromatic carbocycles. The van der Waals surface area contributed by atoms with Crippen LogP contribution in [0.1, 0.15) is 6.42 Å². The van der Waals surface area contributed by atoms with Crippen molar-refractivity contribution < 1.29 is 9.53 Å². The zero-order chi connectivity index (χ0) is 13.9. The Balaban J connectivity index is 1.66. The highest BCUT2D eigenvalue weighted by Gasteiger charge is 2.30. The summed E-state index contributed by atoms with van der Waals surface area (Å²) < 4.78 is 5.85. The second kappa shape index (κ2) is 5.71. The molecule has 3 rings (SSSR count). The van der Waals surface area contributed by atoms with Crippen molar-refractivity contribution in [1.29, 1.82) is 0 Å². The van der Waals surface area contributed by atoms with Gasteiger partial charge in [-0.25, -0.2) is 0 Å². The molecule has 2 aliphatic rings. The number of hydrogen-bond acceptors (Lipinski definition) is 4. The third-order valence-electron chi connectivity index (χ3n) is 3.94. The lowest BCUT2D eigenvalue weighted by molar-refractivity contribution is -0.138. The highest BCUT2D eigenvalue weighted by molar-refractivity contribution is 5.83. The number of anilines is 1. The van der Waals surface area contributed by atoms with Crippen molar-refractivity contribution in [1.82, 2.24) is 9.80 Å². The van der Waals surface area contributed by atoms with E-state index in [0.29, 0.717) is 6.54 Å². The van der Waals surface area contributed by atoms with E-state index in [4.69, 9.17) is 4.74 Å². The van der Waals surface area contributed by atoms with Gasteiger partial charge in [0.15, 0.2) is 6.10 Å². The molecule has 5 nitrogen and oxygen atoms in total. The number of ether oxygens (including phenoxy) is 1. The van der Waals surface area contributed by atoms with Crippen molar-refractivity contribution in [3.63, 3.8) is 0 Å². The first-order valence-corrected chi connectivity index (χ1v) is 7.21. The minimum atomic E-state index is -0.409. The molecule has 2 heterocycles. The third kappa shape index (κ3) is 2.72. The fourth-order valence-corrected chi connectivity index (χ4v) is 2.72. The number of nitrogens with zero attached hydrogens (tertiary/aromatic N) is 2. The number of hydrogen-bond donors (Lipinski definition) is 1. The Hall–Kier alpha value is -1.75. The molecule has 0 aromatic heterocycles. The quantitative estimate of drug-likeness (QED) is 0.831. The van der Waals surface area contributed by atoms with Gasteiger partial charge in [0.2, 0.25) is 0 Å². The Bertz CT molecular complexity index is 492. The molecule has 2 aliphatic heterocycles. The topological polar surface area (TPSA) is 44.8 Å². The van der Waals surface area contributed by atoms with E-state index < -0.39 is 6.10 Å². The lowest BCUT2D eigenvalue weighted by Crippen LogP contribution is -2.48. The molecule has 20 heavy (non-hydrogen) atoms. The van der Waals surface area contributed by atoms with Crippen LogP contribution in [0.5, 0.6) is 5.75 Å². The average molecular weight is 275 g/mol. The van der Waals surface area contributed by atoms with E-state index in [-0.39, 0.29) is 5.91 Å². The summed E-state index contributed by atoms with van der Waals surface area (Å²) in [5.74, 6) is 0.867. The summed E-state index contributed by atoms with van der Waals surface area (Å²) >= 11 is 0. The molecule has 1 N–H and O–H groups in total. The van der Waals surface area contributed by atoms with Crippen LogP contribution in [-0.4, -0.2) is 61.6 Å². The summed E-state index contributed by atoms with van der Waals surface area (Å²) in [7, 11) is 2.10. The van der Waals surface area contributed by atoms with Crippen LogP contribution in [0.25, 0.3) is 0 Å². The first-order valence-electron chi connectivity index (χ1n) is 7.21. The number of carbonyl (C=O) groups excluding carboxylic acids is 1. The van der Waals surface area contributed by atoms with Gasteiger partial charge in [-0.2, -0.15) is 0 Å². The van der Waals surface area contributed by atoms with Crippen molar-refractivity contribution in [2.75, 3.05) is 45.1 Å². The maximum absolute atomic E-state index is 12.6. The SMILES string of the molecule is CN1CCCN(C(=O)C2CNc3ccccc3O2)CC1. The summed E-state index contributed by atoms with van der Waals surface area (Å²) in [6, 6.07) is 7.76. The summed E-state index contributed by atoms with van der Waals surface area (Å²) in [4.78, 5) is 16.8. The number of carbonyl (C=O) groups is 1. The molecule has 0 spiro atoms. The summed E-state index contributed by atoms with van der Waals surface area (Å²) in [6.07, 6.45) is 0.618. The molecular weight excluding hydrogens is 254 g/mol. The Morgan fingerprint density at radius 1 is 1.25 bits per heavy atom. The third-order valence-corrected chi connectivity index (χ3v) is 3.94. The van der Waals surface area contributed by atoms with Gasteiger partial charge in [0.1, 0.15) is 5.75 Å². The van der Waals surface area contributed by atoms with Crippen molar-refractivity contribution >= 4 is 11.6 Å². The molecule has 0 bridgehead atoms. The van der Waals surface area contributed by atoms with Crippen LogP contribution in [0.15, 0.2) is 24.3 Å². The van der Waals surface area contributed by atoms with Crippen LogP contribution in [0.3, 0.4) is 0 Å². The minimum Gasteiger partial charge on any atom is -0.477 e. The van der Waals surface area contributed by atoms with Gasteiger partial charge in [-0.15, -0.1) is 0 Å². The van der Waals surface area contributed by atoms with E-state index in [1.165, 1.54) is 0 Å².